The lowest BCUT2D eigenvalue weighted by molar-refractivity contribution is -0.0736. The second-order valence-corrected chi connectivity index (χ2v) is 7.06. The first kappa shape index (κ1) is 11.1. The van der Waals surface area contributed by atoms with Gasteiger partial charge in [0.05, 0.1) is 12.5 Å². The molecule has 98 valence electrons. The van der Waals surface area contributed by atoms with Gasteiger partial charge in [-0.05, 0) is 74.8 Å². The van der Waals surface area contributed by atoms with Crippen molar-refractivity contribution in [1.82, 2.24) is 5.32 Å². The lowest BCUT2D eigenvalue weighted by Gasteiger charge is -2.59. The molecule has 1 aromatic rings. The maximum absolute atomic E-state index is 5.32. The van der Waals surface area contributed by atoms with Crippen molar-refractivity contribution in [2.45, 2.75) is 44.6 Å². The first-order valence-electron chi connectivity index (χ1n) is 7.48. The Labute approximate surface area is 109 Å². The maximum Gasteiger partial charge on any atom is 0.0950 e. The fourth-order valence-corrected chi connectivity index (χ4v) is 5.80. The normalized spacial score (nSPS) is 43.3. The van der Waals surface area contributed by atoms with E-state index in [9.17, 15) is 0 Å². The number of hydrogen-bond donors (Lipinski definition) is 1. The van der Waals surface area contributed by atoms with Gasteiger partial charge in [0.2, 0.25) is 0 Å². The van der Waals surface area contributed by atoms with E-state index in [2.05, 4.69) is 18.4 Å². The molecule has 1 aromatic heterocycles. The summed E-state index contributed by atoms with van der Waals surface area (Å²) in [5.74, 6) is 3.04. The molecular formula is C16H23NO. The van der Waals surface area contributed by atoms with Crippen molar-refractivity contribution in [2.75, 3.05) is 7.05 Å². The van der Waals surface area contributed by atoms with E-state index in [0.29, 0.717) is 11.5 Å². The van der Waals surface area contributed by atoms with Gasteiger partial charge in [-0.15, -0.1) is 0 Å². The number of rotatable bonds is 3. The predicted octanol–water partition coefficient (Wildman–Crippen LogP) is 3.76. The monoisotopic (exact) mass is 245 g/mol. The summed E-state index contributed by atoms with van der Waals surface area (Å²) in [5.41, 5.74) is 1.88. The van der Waals surface area contributed by atoms with Gasteiger partial charge in [-0.2, -0.15) is 0 Å². The van der Waals surface area contributed by atoms with Crippen LogP contribution < -0.4 is 5.32 Å². The molecule has 5 rings (SSSR count). The highest BCUT2D eigenvalue weighted by atomic mass is 16.3. The predicted molar refractivity (Wildman–Crippen MR) is 71.1 cm³/mol. The van der Waals surface area contributed by atoms with E-state index in [1.54, 1.807) is 0 Å². The zero-order valence-electron chi connectivity index (χ0n) is 11.2. The first-order chi connectivity index (χ1) is 8.79. The average molecular weight is 245 g/mol. The van der Waals surface area contributed by atoms with Crippen LogP contribution in [0.1, 0.15) is 50.1 Å². The second-order valence-electron chi connectivity index (χ2n) is 7.06. The SMILES string of the molecule is CNC(c1ccoc1)C12CC3CC(CC(C3)C1)C2. The van der Waals surface area contributed by atoms with Crippen molar-refractivity contribution in [3.05, 3.63) is 24.2 Å². The Morgan fingerprint density at radius 3 is 2.22 bits per heavy atom. The molecule has 0 saturated heterocycles. The Bertz CT molecular complexity index is 387. The average Bonchev–Trinajstić information content (AvgIpc) is 2.81. The summed E-state index contributed by atoms with van der Waals surface area (Å²) in [6.07, 6.45) is 12.6. The van der Waals surface area contributed by atoms with Crippen LogP contribution in [-0.2, 0) is 0 Å². The highest BCUT2D eigenvalue weighted by molar-refractivity contribution is 5.19. The summed E-state index contributed by atoms with van der Waals surface area (Å²) in [6, 6.07) is 2.66. The van der Waals surface area contributed by atoms with Crippen LogP contribution in [0.4, 0.5) is 0 Å². The van der Waals surface area contributed by atoms with Gasteiger partial charge >= 0.3 is 0 Å². The Hall–Kier alpha value is -0.760. The van der Waals surface area contributed by atoms with Crippen LogP contribution >= 0.6 is 0 Å². The summed E-state index contributed by atoms with van der Waals surface area (Å²) < 4.78 is 5.32. The minimum absolute atomic E-state index is 0.504. The van der Waals surface area contributed by atoms with Gasteiger partial charge in [-0.25, -0.2) is 0 Å². The molecule has 1 N–H and O–H groups in total. The zero-order valence-corrected chi connectivity index (χ0v) is 11.2. The van der Waals surface area contributed by atoms with Crippen LogP contribution in [0.25, 0.3) is 0 Å². The minimum atomic E-state index is 0.504. The first-order valence-corrected chi connectivity index (χ1v) is 7.48. The van der Waals surface area contributed by atoms with E-state index in [1.165, 1.54) is 44.1 Å². The Kier molecular flexibility index (Phi) is 2.38. The Morgan fingerprint density at radius 1 is 1.17 bits per heavy atom. The van der Waals surface area contributed by atoms with Crippen LogP contribution in [0.2, 0.25) is 0 Å². The van der Waals surface area contributed by atoms with Gasteiger partial charge in [-0.1, -0.05) is 0 Å². The second kappa shape index (κ2) is 3.86. The third-order valence-electron chi connectivity index (χ3n) is 5.86. The molecule has 1 atom stereocenters. The largest absolute Gasteiger partial charge is 0.472 e. The summed E-state index contributed by atoms with van der Waals surface area (Å²) in [6.45, 7) is 0. The van der Waals surface area contributed by atoms with E-state index in [1.807, 2.05) is 12.5 Å². The van der Waals surface area contributed by atoms with Crippen LogP contribution in [0.15, 0.2) is 23.0 Å². The number of hydrogen-bond acceptors (Lipinski definition) is 2. The van der Waals surface area contributed by atoms with E-state index in [0.717, 1.165) is 17.8 Å². The van der Waals surface area contributed by atoms with Gasteiger partial charge in [0, 0.05) is 11.6 Å². The summed E-state index contributed by atoms with van der Waals surface area (Å²) >= 11 is 0. The van der Waals surface area contributed by atoms with Crippen molar-refractivity contribution >= 4 is 0 Å². The van der Waals surface area contributed by atoms with Gasteiger partial charge in [0.25, 0.3) is 0 Å². The molecule has 4 aliphatic rings. The van der Waals surface area contributed by atoms with E-state index in [4.69, 9.17) is 4.42 Å². The highest BCUT2D eigenvalue weighted by Crippen LogP contribution is 2.63. The molecular weight excluding hydrogens is 222 g/mol. The number of furan rings is 1. The Morgan fingerprint density at radius 2 is 1.78 bits per heavy atom. The smallest absolute Gasteiger partial charge is 0.0950 e. The molecule has 1 unspecified atom stereocenters. The van der Waals surface area contributed by atoms with Crippen molar-refractivity contribution in [3.63, 3.8) is 0 Å². The molecule has 4 aliphatic carbocycles. The molecule has 4 saturated carbocycles. The van der Waals surface area contributed by atoms with Crippen molar-refractivity contribution in [3.8, 4) is 0 Å². The van der Waals surface area contributed by atoms with Gasteiger partial charge in [-0.3, -0.25) is 0 Å². The molecule has 1 heterocycles. The molecule has 2 nitrogen and oxygen atoms in total. The van der Waals surface area contributed by atoms with Crippen molar-refractivity contribution in [2.24, 2.45) is 23.2 Å². The highest BCUT2D eigenvalue weighted by Gasteiger charge is 2.54. The fraction of sp³-hybridized carbons (Fsp3) is 0.750. The zero-order chi connectivity index (χ0) is 12.2. The van der Waals surface area contributed by atoms with Gasteiger partial charge in [0.15, 0.2) is 0 Å². The van der Waals surface area contributed by atoms with Crippen LogP contribution in [0, 0.1) is 23.2 Å². The van der Waals surface area contributed by atoms with E-state index in [-0.39, 0.29) is 0 Å². The Balaban J connectivity index is 1.70. The van der Waals surface area contributed by atoms with E-state index < -0.39 is 0 Å². The van der Waals surface area contributed by atoms with Crippen molar-refractivity contribution in [1.29, 1.82) is 0 Å². The topological polar surface area (TPSA) is 25.2 Å². The fourth-order valence-electron chi connectivity index (χ4n) is 5.80. The molecule has 0 radical (unpaired) electrons. The van der Waals surface area contributed by atoms with Gasteiger partial charge < -0.3 is 9.73 Å². The molecule has 0 spiro atoms. The minimum Gasteiger partial charge on any atom is -0.472 e. The summed E-state index contributed by atoms with van der Waals surface area (Å²) in [7, 11) is 2.12. The molecule has 4 fully saturated rings. The molecule has 0 aromatic carbocycles. The molecule has 0 aliphatic heterocycles. The summed E-state index contributed by atoms with van der Waals surface area (Å²) in [4.78, 5) is 0. The molecule has 18 heavy (non-hydrogen) atoms. The molecule has 2 heteroatoms. The quantitative estimate of drug-likeness (QED) is 0.877. The van der Waals surface area contributed by atoms with Gasteiger partial charge in [0.1, 0.15) is 0 Å². The lowest BCUT2D eigenvalue weighted by atomic mass is 9.47. The number of nitrogens with one attached hydrogen (secondary N) is 1. The van der Waals surface area contributed by atoms with Crippen LogP contribution in [0.3, 0.4) is 0 Å². The molecule has 4 bridgehead atoms. The van der Waals surface area contributed by atoms with Crippen molar-refractivity contribution < 1.29 is 4.42 Å². The molecule has 0 amide bonds. The summed E-state index contributed by atoms with van der Waals surface area (Å²) in [5, 5.41) is 3.60. The lowest BCUT2D eigenvalue weighted by Crippen LogP contribution is -2.51. The third-order valence-corrected chi connectivity index (χ3v) is 5.86. The van der Waals surface area contributed by atoms with E-state index >= 15 is 0 Å². The third kappa shape index (κ3) is 1.51. The van der Waals surface area contributed by atoms with Crippen LogP contribution in [0.5, 0.6) is 0 Å². The maximum atomic E-state index is 5.32. The standard InChI is InChI=1S/C16H23NO/c1-17-15(14-2-3-18-10-14)16-7-11-4-12(8-16)6-13(5-11)9-16/h2-3,10-13,15,17H,4-9H2,1H3. The van der Waals surface area contributed by atoms with Crippen LogP contribution in [-0.4, -0.2) is 7.05 Å².